The van der Waals surface area contributed by atoms with Crippen molar-refractivity contribution in [2.45, 2.75) is 58.1 Å². The molecule has 0 amide bonds. The van der Waals surface area contributed by atoms with Crippen LogP contribution in [0.1, 0.15) is 46.5 Å². The van der Waals surface area contributed by atoms with Gasteiger partial charge in [0.15, 0.2) is 0 Å². The molecule has 0 bridgehead atoms. The standard InChI is InChI=1S/C14H27NO3/c1-5-17-13(16)14(3,15-4)10-11(2)18-9-8-12-6-7-12/h11-12,15H,5-10H2,1-4H3. The molecule has 0 radical (unpaired) electrons. The second-order valence-corrected chi connectivity index (χ2v) is 5.42. The molecule has 106 valence electrons. The Morgan fingerprint density at radius 2 is 2.17 bits per heavy atom. The molecule has 1 rings (SSSR count). The maximum absolute atomic E-state index is 11.9. The monoisotopic (exact) mass is 257 g/mol. The molecule has 0 aromatic carbocycles. The quantitative estimate of drug-likeness (QED) is 0.643. The van der Waals surface area contributed by atoms with E-state index < -0.39 is 5.54 Å². The predicted octanol–water partition coefficient (Wildman–Crippen LogP) is 2.12. The van der Waals surface area contributed by atoms with E-state index in [2.05, 4.69) is 5.32 Å². The predicted molar refractivity (Wildman–Crippen MR) is 71.5 cm³/mol. The van der Waals surface area contributed by atoms with E-state index in [1.165, 1.54) is 12.8 Å². The summed E-state index contributed by atoms with van der Waals surface area (Å²) in [4.78, 5) is 11.9. The molecule has 0 aliphatic heterocycles. The molecule has 0 aromatic heterocycles. The Hall–Kier alpha value is -0.610. The highest BCUT2D eigenvalue weighted by molar-refractivity contribution is 5.80. The minimum absolute atomic E-state index is 0.0607. The Labute approximate surface area is 110 Å². The van der Waals surface area contributed by atoms with Crippen LogP contribution in [-0.2, 0) is 14.3 Å². The van der Waals surface area contributed by atoms with Gasteiger partial charge in [0.1, 0.15) is 5.54 Å². The number of carbonyl (C=O) groups excluding carboxylic acids is 1. The molecule has 0 spiro atoms. The van der Waals surface area contributed by atoms with Crippen molar-refractivity contribution in [1.82, 2.24) is 5.32 Å². The lowest BCUT2D eigenvalue weighted by Crippen LogP contribution is -2.50. The molecule has 0 saturated heterocycles. The topological polar surface area (TPSA) is 47.6 Å². The number of hydrogen-bond donors (Lipinski definition) is 1. The first-order valence-corrected chi connectivity index (χ1v) is 6.99. The Kier molecular flexibility index (Phi) is 6.09. The lowest BCUT2D eigenvalue weighted by atomic mass is 9.95. The average Bonchev–Trinajstić information content (AvgIpc) is 3.13. The Morgan fingerprint density at radius 3 is 2.67 bits per heavy atom. The summed E-state index contributed by atoms with van der Waals surface area (Å²) < 4.78 is 10.9. The molecule has 1 fully saturated rings. The zero-order valence-corrected chi connectivity index (χ0v) is 12.1. The minimum Gasteiger partial charge on any atom is -0.465 e. The van der Waals surface area contributed by atoms with E-state index in [1.54, 1.807) is 7.05 Å². The van der Waals surface area contributed by atoms with Crippen LogP contribution in [0.4, 0.5) is 0 Å². The van der Waals surface area contributed by atoms with Crippen molar-refractivity contribution in [2.24, 2.45) is 5.92 Å². The molecule has 1 N–H and O–H groups in total. The van der Waals surface area contributed by atoms with E-state index in [0.717, 1.165) is 18.9 Å². The van der Waals surface area contributed by atoms with Crippen LogP contribution in [0.2, 0.25) is 0 Å². The summed E-state index contributed by atoms with van der Waals surface area (Å²) in [5.41, 5.74) is -0.658. The zero-order chi connectivity index (χ0) is 13.6. The molecule has 1 aliphatic carbocycles. The van der Waals surface area contributed by atoms with Gasteiger partial charge in [-0.15, -0.1) is 0 Å². The van der Waals surface area contributed by atoms with Gasteiger partial charge in [-0.25, -0.2) is 0 Å². The van der Waals surface area contributed by atoms with Crippen LogP contribution in [0.15, 0.2) is 0 Å². The molecular weight excluding hydrogens is 230 g/mol. The number of hydrogen-bond acceptors (Lipinski definition) is 4. The van der Waals surface area contributed by atoms with Gasteiger partial charge in [-0.05, 0) is 40.2 Å². The Balaban J connectivity index is 2.31. The summed E-state index contributed by atoms with van der Waals surface area (Å²) in [7, 11) is 1.79. The molecule has 4 nitrogen and oxygen atoms in total. The van der Waals surface area contributed by atoms with Crippen LogP contribution >= 0.6 is 0 Å². The summed E-state index contributed by atoms with van der Waals surface area (Å²) in [6.45, 7) is 6.92. The molecule has 1 aliphatic rings. The van der Waals surface area contributed by atoms with E-state index in [1.807, 2.05) is 20.8 Å². The first-order chi connectivity index (χ1) is 8.51. The van der Waals surface area contributed by atoms with Crippen LogP contribution in [0, 0.1) is 5.92 Å². The van der Waals surface area contributed by atoms with E-state index in [0.29, 0.717) is 13.0 Å². The van der Waals surface area contributed by atoms with E-state index in [9.17, 15) is 4.79 Å². The second kappa shape index (κ2) is 7.10. The number of carbonyl (C=O) groups is 1. The molecule has 4 heteroatoms. The minimum atomic E-state index is -0.658. The van der Waals surface area contributed by atoms with Gasteiger partial charge in [0.05, 0.1) is 12.7 Å². The largest absolute Gasteiger partial charge is 0.465 e. The molecule has 2 atom stereocenters. The summed E-state index contributed by atoms with van der Waals surface area (Å²) in [6.07, 6.45) is 4.56. The second-order valence-electron chi connectivity index (χ2n) is 5.42. The van der Waals surface area contributed by atoms with E-state index in [4.69, 9.17) is 9.47 Å². The van der Waals surface area contributed by atoms with Gasteiger partial charge in [-0.3, -0.25) is 4.79 Å². The van der Waals surface area contributed by atoms with Crippen molar-refractivity contribution < 1.29 is 14.3 Å². The third kappa shape index (κ3) is 4.94. The fraction of sp³-hybridized carbons (Fsp3) is 0.929. The Bertz CT molecular complexity index is 266. The number of nitrogens with one attached hydrogen (secondary N) is 1. The maximum Gasteiger partial charge on any atom is 0.326 e. The van der Waals surface area contributed by atoms with Crippen LogP contribution in [-0.4, -0.2) is 37.9 Å². The highest BCUT2D eigenvalue weighted by Crippen LogP contribution is 2.32. The number of likely N-dealkylation sites (N-methyl/N-ethyl adjacent to an activating group) is 1. The van der Waals surface area contributed by atoms with E-state index >= 15 is 0 Å². The van der Waals surface area contributed by atoms with Crippen molar-refractivity contribution in [3.63, 3.8) is 0 Å². The van der Waals surface area contributed by atoms with E-state index in [-0.39, 0.29) is 12.1 Å². The summed E-state index contributed by atoms with van der Waals surface area (Å²) in [5.74, 6) is 0.683. The van der Waals surface area contributed by atoms with Gasteiger partial charge in [-0.1, -0.05) is 12.8 Å². The van der Waals surface area contributed by atoms with Crippen LogP contribution in [0.5, 0.6) is 0 Å². The van der Waals surface area contributed by atoms with Gasteiger partial charge in [0.25, 0.3) is 0 Å². The highest BCUT2D eigenvalue weighted by atomic mass is 16.5. The fourth-order valence-electron chi connectivity index (χ4n) is 2.05. The van der Waals surface area contributed by atoms with Gasteiger partial charge >= 0.3 is 5.97 Å². The third-order valence-corrected chi connectivity index (χ3v) is 3.60. The SMILES string of the molecule is CCOC(=O)C(C)(CC(C)OCCC1CC1)NC. The van der Waals surface area contributed by atoms with Crippen molar-refractivity contribution in [3.05, 3.63) is 0 Å². The smallest absolute Gasteiger partial charge is 0.326 e. The number of ether oxygens (including phenoxy) is 2. The van der Waals surface area contributed by atoms with Crippen LogP contribution in [0.25, 0.3) is 0 Å². The first kappa shape index (κ1) is 15.4. The average molecular weight is 257 g/mol. The van der Waals surface area contributed by atoms with Gasteiger partial charge in [0.2, 0.25) is 0 Å². The van der Waals surface area contributed by atoms with Crippen LogP contribution < -0.4 is 5.32 Å². The van der Waals surface area contributed by atoms with Gasteiger partial charge in [-0.2, -0.15) is 0 Å². The third-order valence-electron chi connectivity index (χ3n) is 3.60. The number of rotatable bonds is 9. The summed E-state index contributed by atoms with van der Waals surface area (Å²) in [6, 6.07) is 0. The van der Waals surface area contributed by atoms with Gasteiger partial charge in [0, 0.05) is 13.0 Å². The van der Waals surface area contributed by atoms with Crippen LogP contribution in [0.3, 0.4) is 0 Å². The molecule has 1 saturated carbocycles. The fourth-order valence-corrected chi connectivity index (χ4v) is 2.05. The lowest BCUT2D eigenvalue weighted by Gasteiger charge is -2.29. The summed E-state index contributed by atoms with van der Waals surface area (Å²) >= 11 is 0. The lowest BCUT2D eigenvalue weighted by molar-refractivity contribution is -0.152. The molecule has 18 heavy (non-hydrogen) atoms. The van der Waals surface area contributed by atoms with Crippen molar-refractivity contribution >= 4 is 5.97 Å². The zero-order valence-electron chi connectivity index (χ0n) is 12.1. The normalized spacial score (nSPS) is 20.2. The molecular formula is C14H27NO3. The van der Waals surface area contributed by atoms with Crippen molar-refractivity contribution in [3.8, 4) is 0 Å². The summed E-state index contributed by atoms with van der Waals surface area (Å²) in [5, 5.41) is 3.05. The highest BCUT2D eigenvalue weighted by Gasteiger charge is 2.35. The van der Waals surface area contributed by atoms with Crippen molar-refractivity contribution in [1.29, 1.82) is 0 Å². The first-order valence-electron chi connectivity index (χ1n) is 6.99. The molecule has 0 aromatic rings. The molecule has 0 heterocycles. The maximum atomic E-state index is 11.9. The Morgan fingerprint density at radius 1 is 1.50 bits per heavy atom. The van der Waals surface area contributed by atoms with Gasteiger partial charge < -0.3 is 14.8 Å². The molecule has 2 unspecified atom stereocenters. The number of esters is 1. The van der Waals surface area contributed by atoms with Crippen molar-refractivity contribution in [2.75, 3.05) is 20.3 Å².